The molecule has 0 radical (unpaired) electrons. The van der Waals surface area contributed by atoms with E-state index in [0.29, 0.717) is 16.3 Å². The molecule has 1 heterocycles. The number of thioether (sulfide) groups is 1. The van der Waals surface area contributed by atoms with Crippen LogP contribution in [0.4, 0.5) is 5.69 Å². The lowest BCUT2D eigenvalue weighted by molar-refractivity contribution is 0.367. The predicted molar refractivity (Wildman–Crippen MR) is 86.2 cm³/mol. The van der Waals surface area contributed by atoms with Crippen molar-refractivity contribution in [2.24, 2.45) is 0 Å². The number of halogens is 1. The Morgan fingerprint density at radius 3 is 2.84 bits per heavy atom. The Kier molecular flexibility index (Phi) is 6.88. The van der Waals surface area contributed by atoms with Gasteiger partial charge in [0, 0.05) is 18.3 Å². The van der Waals surface area contributed by atoms with Gasteiger partial charge in [-0.3, -0.25) is 4.79 Å². The van der Waals surface area contributed by atoms with Gasteiger partial charge < -0.3 is 10.2 Å². The molecular formula is C12H21BrN4OS. The number of anilines is 1. The van der Waals surface area contributed by atoms with Crippen LogP contribution in [0.15, 0.2) is 15.5 Å². The summed E-state index contributed by atoms with van der Waals surface area (Å²) in [4.78, 5) is 14.1. The van der Waals surface area contributed by atoms with Crippen LogP contribution in [0.3, 0.4) is 0 Å². The van der Waals surface area contributed by atoms with Crippen molar-refractivity contribution in [1.29, 1.82) is 0 Å². The van der Waals surface area contributed by atoms with E-state index in [1.165, 1.54) is 4.68 Å². The van der Waals surface area contributed by atoms with Gasteiger partial charge in [-0.25, -0.2) is 4.68 Å². The average Bonchev–Trinajstić information content (AvgIpc) is 2.38. The summed E-state index contributed by atoms with van der Waals surface area (Å²) in [5.41, 5.74) is 0.663. The fourth-order valence-corrected chi connectivity index (χ4v) is 2.08. The second-order valence-corrected chi connectivity index (χ2v) is 6.70. The van der Waals surface area contributed by atoms with Gasteiger partial charge in [0.05, 0.1) is 18.4 Å². The molecule has 0 spiro atoms. The molecule has 1 aromatic rings. The van der Waals surface area contributed by atoms with Gasteiger partial charge in [-0.1, -0.05) is 6.92 Å². The molecule has 1 atom stereocenters. The minimum Gasteiger partial charge on any atom is -0.382 e. The third-order valence-electron chi connectivity index (χ3n) is 2.73. The first-order chi connectivity index (χ1) is 8.95. The third-order valence-corrected chi connectivity index (χ3v) is 4.46. The maximum Gasteiger partial charge on any atom is 0.283 e. The van der Waals surface area contributed by atoms with E-state index in [1.54, 1.807) is 18.0 Å². The molecule has 0 aromatic carbocycles. The number of rotatable bonds is 7. The Morgan fingerprint density at radius 2 is 2.26 bits per heavy atom. The van der Waals surface area contributed by atoms with Crippen LogP contribution < -0.4 is 10.9 Å². The maximum absolute atomic E-state index is 12.1. The summed E-state index contributed by atoms with van der Waals surface area (Å²) in [6, 6.07) is 0. The molecule has 0 saturated heterocycles. The number of hydrogen-bond donors (Lipinski definition) is 1. The van der Waals surface area contributed by atoms with Crippen molar-refractivity contribution in [1.82, 2.24) is 14.7 Å². The van der Waals surface area contributed by atoms with Gasteiger partial charge in [-0.05, 0) is 36.3 Å². The van der Waals surface area contributed by atoms with Gasteiger partial charge in [-0.15, -0.1) is 0 Å². The molecule has 1 unspecified atom stereocenters. The van der Waals surface area contributed by atoms with Gasteiger partial charge in [0.15, 0.2) is 0 Å². The maximum atomic E-state index is 12.1. The molecule has 0 aliphatic rings. The van der Waals surface area contributed by atoms with Gasteiger partial charge in [-0.2, -0.15) is 16.9 Å². The van der Waals surface area contributed by atoms with E-state index < -0.39 is 0 Å². The van der Waals surface area contributed by atoms with Crippen molar-refractivity contribution in [3.8, 4) is 0 Å². The molecule has 1 N–H and O–H groups in total. The second-order valence-electron chi connectivity index (χ2n) is 4.63. The average molecular weight is 349 g/mol. The van der Waals surface area contributed by atoms with Gasteiger partial charge >= 0.3 is 0 Å². The summed E-state index contributed by atoms with van der Waals surface area (Å²) in [7, 11) is 3.94. The summed E-state index contributed by atoms with van der Waals surface area (Å²) >= 11 is 5.14. The van der Waals surface area contributed by atoms with Crippen molar-refractivity contribution in [3.63, 3.8) is 0 Å². The van der Waals surface area contributed by atoms with E-state index in [0.717, 1.165) is 18.8 Å². The number of nitrogens with zero attached hydrogens (tertiary/aromatic N) is 3. The molecule has 1 aromatic heterocycles. The minimum atomic E-state index is -0.0938. The molecule has 7 heteroatoms. The lowest BCUT2D eigenvalue weighted by Gasteiger charge is -2.14. The van der Waals surface area contributed by atoms with Crippen LogP contribution in [-0.2, 0) is 6.54 Å². The smallest absolute Gasteiger partial charge is 0.283 e. The number of hydrogen-bond acceptors (Lipinski definition) is 5. The van der Waals surface area contributed by atoms with E-state index in [4.69, 9.17) is 0 Å². The zero-order chi connectivity index (χ0) is 14.4. The standard InChI is InChI=1S/C12H21BrN4OS/c1-9(19-4)7-14-10-8-15-17(6-5-16(2)3)12(18)11(10)13/h8-9,14H,5-7H2,1-4H3. The summed E-state index contributed by atoms with van der Waals surface area (Å²) < 4.78 is 2.03. The monoisotopic (exact) mass is 348 g/mol. The fourth-order valence-electron chi connectivity index (χ4n) is 1.38. The molecule has 0 bridgehead atoms. The van der Waals surface area contributed by atoms with Crippen LogP contribution in [0.25, 0.3) is 0 Å². The highest BCUT2D eigenvalue weighted by Gasteiger charge is 2.09. The highest BCUT2D eigenvalue weighted by atomic mass is 79.9. The van der Waals surface area contributed by atoms with E-state index in [9.17, 15) is 4.79 Å². The molecule has 5 nitrogen and oxygen atoms in total. The van der Waals surface area contributed by atoms with Crippen molar-refractivity contribution in [2.45, 2.75) is 18.7 Å². The number of aromatic nitrogens is 2. The SMILES string of the molecule is CSC(C)CNc1cnn(CCN(C)C)c(=O)c1Br. The van der Waals surface area contributed by atoms with Crippen LogP contribution in [0.1, 0.15) is 6.92 Å². The number of likely N-dealkylation sites (N-methyl/N-ethyl adjacent to an activating group) is 1. The summed E-state index contributed by atoms with van der Waals surface area (Å²) in [5.74, 6) is 0. The van der Waals surface area contributed by atoms with Crippen molar-refractivity contribution >= 4 is 33.4 Å². The molecule has 19 heavy (non-hydrogen) atoms. The Hall–Kier alpha value is -0.530. The highest BCUT2D eigenvalue weighted by Crippen LogP contribution is 2.17. The first kappa shape index (κ1) is 16.5. The van der Waals surface area contributed by atoms with E-state index in [2.05, 4.69) is 39.5 Å². The largest absolute Gasteiger partial charge is 0.382 e. The minimum absolute atomic E-state index is 0.0938. The molecule has 0 amide bonds. The van der Waals surface area contributed by atoms with Crippen molar-refractivity contribution < 1.29 is 0 Å². The van der Waals surface area contributed by atoms with E-state index in [-0.39, 0.29) is 5.56 Å². The molecule has 108 valence electrons. The van der Waals surface area contributed by atoms with Crippen molar-refractivity contribution in [3.05, 3.63) is 21.0 Å². The molecule has 0 saturated carbocycles. The van der Waals surface area contributed by atoms with E-state index in [1.807, 2.05) is 19.0 Å². The second kappa shape index (κ2) is 7.91. The lowest BCUT2D eigenvalue weighted by Crippen LogP contribution is -2.29. The zero-order valence-electron chi connectivity index (χ0n) is 11.8. The van der Waals surface area contributed by atoms with Crippen molar-refractivity contribution in [2.75, 3.05) is 38.8 Å². The van der Waals surface area contributed by atoms with Crippen LogP contribution in [0, 0.1) is 0 Å². The highest BCUT2D eigenvalue weighted by molar-refractivity contribution is 9.10. The van der Waals surface area contributed by atoms with Crippen LogP contribution in [-0.4, -0.2) is 53.4 Å². The molecule has 0 aliphatic heterocycles. The quantitative estimate of drug-likeness (QED) is 0.813. The Bertz CT molecular complexity index is 464. The molecule has 1 rings (SSSR count). The van der Waals surface area contributed by atoms with Gasteiger partial charge in [0.25, 0.3) is 5.56 Å². The molecule has 0 fully saturated rings. The van der Waals surface area contributed by atoms with Crippen LogP contribution >= 0.6 is 27.7 Å². The Balaban J connectivity index is 2.77. The summed E-state index contributed by atoms with van der Waals surface area (Å²) in [5, 5.41) is 7.92. The zero-order valence-corrected chi connectivity index (χ0v) is 14.2. The first-order valence-corrected chi connectivity index (χ1v) is 8.20. The Morgan fingerprint density at radius 1 is 1.58 bits per heavy atom. The van der Waals surface area contributed by atoms with E-state index >= 15 is 0 Å². The predicted octanol–water partition coefficient (Wildman–Crippen LogP) is 1.73. The topological polar surface area (TPSA) is 50.2 Å². The number of nitrogens with one attached hydrogen (secondary N) is 1. The summed E-state index contributed by atoms with van der Waals surface area (Å²) in [6.07, 6.45) is 3.77. The third kappa shape index (κ3) is 5.16. The van der Waals surface area contributed by atoms with Gasteiger partial charge in [0.1, 0.15) is 4.47 Å². The fraction of sp³-hybridized carbons (Fsp3) is 0.667. The molecule has 0 aliphatic carbocycles. The summed E-state index contributed by atoms with van der Waals surface area (Å²) in [6.45, 7) is 4.32. The normalized spacial score (nSPS) is 12.7. The molecular weight excluding hydrogens is 328 g/mol. The Labute approximate surface area is 126 Å². The lowest BCUT2D eigenvalue weighted by atomic mass is 10.4. The van der Waals surface area contributed by atoms with Crippen LogP contribution in [0.5, 0.6) is 0 Å². The first-order valence-electron chi connectivity index (χ1n) is 6.12. The van der Waals surface area contributed by atoms with Gasteiger partial charge in [0.2, 0.25) is 0 Å². The van der Waals surface area contributed by atoms with Crippen LogP contribution in [0.2, 0.25) is 0 Å².